The fraction of sp³-hybridized carbons (Fsp3) is 0.286. The van der Waals surface area contributed by atoms with E-state index in [1.807, 2.05) is 13.8 Å². The van der Waals surface area contributed by atoms with Crippen LogP contribution in [0.1, 0.15) is 31.2 Å². The van der Waals surface area contributed by atoms with Crippen LogP contribution in [-0.2, 0) is 6.54 Å². The van der Waals surface area contributed by atoms with Crippen LogP contribution in [0.2, 0.25) is 10.2 Å². The summed E-state index contributed by atoms with van der Waals surface area (Å²) in [5.41, 5.74) is 0.859. The fourth-order valence-electron chi connectivity index (χ4n) is 1.63. The van der Waals surface area contributed by atoms with Gasteiger partial charge in [-0.3, -0.25) is 0 Å². The summed E-state index contributed by atoms with van der Waals surface area (Å²) in [5.74, 6) is 1.07. The second-order valence-corrected chi connectivity index (χ2v) is 5.49. The molecule has 2 aromatic rings. The van der Waals surface area contributed by atoms with E-state index in [1.54, 1.807) is 18.2 Å². The SMILES string of the molecule is CC(C)c1nc(Cl)cc(NCc2ccc(F)c(Cl)c2)n1. The van der Waals surface area contributed by atoms with Crippen molar-refractivity contribution in [3.63, 3.8) is 0 Å². The van der Waals surface area contributed by atoms with Gasteiger partial charge < -0.3 is 5.32 Å². The lowest BCUT2D eigenvalue weighted by molar-refractivity contribution is 0.627. The number of nitrogens with one attached hydrogen (secondary N) is 1. The van der Waals surface area contributed by atoms with Gasteiger partial charge in [0.15, 0.2) is 0 Å². The molecule has 0 spiro atoms. The van der Waals surface area contributed by atoms with Gasteiger partial charge in [0.1, 0.15) is 22.6 Å². The summed E-state index contributed by atoms with van der Waals surface area (Å²) in [7, 11) is 0. The van der Waals surface area contributed by atoms with Gasteiger partial charge in [0.2, 0.25) is 0 Å². The van der Waals surface area contributed by atoms with Gasteiger partial charge in [0, 0.05) is 18.5 Å². The summed E-state index contributed by atoms with van der Waals surface area (Å²) in [6, 6.07) is 6.24. The Morgan fingerprint density at radius 2 is 1.95 bits per heavy atom. The highest BCUT2D eigenvalue weighted by molar-refractivity contribution is 6.30. The van der Waals surface area contributed by atoms with Crippen molar-refractivity contribution in [1.29, 1.82) is 0 Å². The Hall–Kier alpha value is -1.39. The van der Waals surface area contributed by atoms with Gasteiger partial charge in [-0.2, -0.15) is 0 Å². The molecule has 0 radical (unpaired) electrons. The Morgan fingerprint density at radius 3 is 2.60 bits per heavy atom. The highest BCUT2D eigenvalue weighted by Crippen LogP contribution is 2.19. The molecule has 3 nitrogen and oxygen atoms in total. The van der Waals surface area contributed by atoms with Gasteiger partial charge >= 0.3 is 0 Å². The van der Waals surface area contributed by atoms with E-state index in [-0.39, 0.29) is 10.9 Å². The summed E-state index contributed by atoms with van der Waals surface area (Å²) >= 11 is 11.7. The van der Waals surface area contributed by atoms with E-state index in [0.717, 1.165) is 5.56 Å². The third-order valence-electron chi connectivity index (χ3n) is 2.69. The molecule has 0 saturated heterocycles. The van der Waals surface area contributed by atoms with Crippen molar-refractivity contribution >= 4 is 29.0 Å². The van der Waals surface area contributed by atoms with Gasteiger partial charge in [-0.15, -0.1) is 0 Å². The summed E-state index contributed by atoms with van der Waals surface area (Å²) in [4.78, 5) is 8.53. The number of rotatable bonds is 4. The molecule has 1 aromatic heterocycles. The van der Waals surface area contributed by atoms with E-state index in [1.165, 1.54) is 6.07 Å². The van der Waals surface area contributed by atoms with Crippen molar-refractivity contribution in [3.05, 3.63) is 51.6 Å². The Morgan fingerprint density at radius 1 is 1.20 bits per heavy atom. The van der Waals surface area contributed by atoms with E-state index in [0.29, 0.717) is 23.3 Å². The molecule has 2 rings (SSSR count). The lowest BCUT2D eigenvalue weighted by Gasteiger charge is -2.10. The van der Waals surface area contributed by atoms with Gasteiger partial charge in [-0.25, -0.2) is 14.4 Å². The van der Waals surface area contributed by atoms with Crippen molar-refractivity contribution in [2.24, 2.45) is 0 Å². The molecule has 0 atom stereocenters. The number of anilines is 1. The third-order valence-corrected chi connectivity index (χ3v) is 3.17. The van der Waals surface area contributed by atoms with E-state index < -0.39 is 5.82 Å². The number of hydrogen-bond donors (Lipinski definition) is 1. The first-order valence-electron chi connectivity index (χ1n) is 6.18. The lowest BCUT2D eigenvalue weighted by atomic mass is 10.2. The molecule has 0 aliphatic rings. The molecule has 0 amide bonds. The quantitative estimate of drug-likeness (QED) is 0.834. The summed E-state index contributed by atoms with van der Waals surface area (Å²) in [6.07, 6.45) is 0. The molecular formula is C14H14Cl2FN3. The largest absolute Gasteiger partial charge is 0.366 e. The minimum Gasteiger partial charge on any atom is -0.366 e. The van der Waals surface area contributed by atoms with Crippen LogP contribution in [0.15, 0.2) is 24.3 Å². The standard InChI is InChI=1S/C14H14Cl2FN3/c1-8(2)14-19-12(16)6-13(20-14)18-7-9-3-4-11(17)10(15)5-9/h3-6,8H,7H2,1-2H3,(H,18,19,20). The van der Waals surface area contributed by atoms with E-state index >= 15 is 0 Å². The molecule has 1 N–H and O–H groups in total. The topological polar surface area (TPSA) is 37.8 Å². The van der Waals surface area contributed by atoms with Gasteiger partial charge in [0.05, 0.1) is 5.02 Å². The van der Waals surface area contributed by atoms with Gasteiger partial charge in [-0.05, 0) is 17.7 Å². The maximum absolute atomic E-state index is 13.1. The Labute approximate surface area is 127 Å². The monoisotopic (exact) mass is 313 g/mol. The molecule has 106 valence electrons. The molecule has 0 fully saturated rings. The van der Waals surface area contributed by atoms with Crippen LogP contribution in [0.25, 0.3) is 0 Å². The van der Waals surface area contributed by atoms with E-state index in [2.05, 4.69) is 15.3 Å². The maximum atomic E-state index is 13.1. The predicted molar refractivity (Wildman–Crippen MR) is 79.9 cm³/mol. The molecular weight excluding hydrogens is 300 g/mol. The molecule has 1 heterocycles. The Bertz CT molecular complexity index is 617. The van der Waals surface area contributed by atoms with E-state index in [9.17, 15) is 4.39 Å². The van der Waals surface area contributed by atoms with Crippen LogP contribution in [0.5, 0.6) is 0 Å². The summed E-state index contributed by atoms with van der Waals surface area (Å²) < 4.78 is 13.1. The summed E-state index contributed by atoms with van der Waals surface area (Å²) in [5, 5.41) is 3.62. The zero-order valence-corrected chi connectivity index (χ0v) is 12.6. The van der Waals surface area contributed by atoms with Crippen molar-refractivity contribution < 1.29 is 4.39 Å². The van der Waals surface area contributed by atoms with Gasteiger partial charge in [0.25, 0.3) is 0 Å². The normalized spacial score (nSPS) is 10.9. The fourth-order valence-corrected chi connectivity index (χ4v) is 2.02. The summed E-state index contributed by atoms with van der Waals surface area (Å²) in [6.45, 7) is 4.47. The molecule has 0 aliphatic heterocycles. The van der Waals surface area contributed by atoms with E-state index in [4.69, 9.17) is 23.2 Å². The van der Waals surface area contributed by atoms with Crippen LogP contribution >= 0.6 is 23.2 Å². The van der Waals surface area contributed by atoms with Crippen LogP contribution < -0.4 is 5.32 Å². The molecule has 0 unspecified atom stereocenters. The second kappa shape index (κ2) is 6.37. The minimum atomic E-state index is -0.428. The van der Waals surface area contributed by atoms with Crippen molar-refractivity contribution in [1.82, 2.24) is 9.97 Å². The van der Waals surface area contributed by atoms with Crippen LogP contribution in [0.4, 0.5) is 10.2 Å². The first-order valence-corrected chi connectivity index (χ1v) is 6.93. The molecule has 0 aliphatic carbocycles. The maximum Gasteiger partial charge on any atom is 0.141 e. The van der Waals surface area contributed by atoms with Crippen molar-refractivity contribution in [2.45, 2.75) is 26.3 Å². The number of halogens is 3. The lowest BCUT2D eigenvalue weighted by Crippen LogP contribution is -2.05. The third kappa shape index (κ3) is 3.81. The molecule has 1 aromatic carbocycles. The molecule has 0 bridgehead atoms. The van der Waals surface area contributed by atoms with Crippen molar-refractivity contribution in [3.8, 4) is 0 Å². The highest BCUT2D eigenvalue weighted by Gasteiger charge is 2.07. The molecule has 20 heavy (non-hydrogen) atoms. The number of aromatic nitrogens is 2. The van der Waals surface area contributed by atoms with Crippen LogP contribution in [0.3, 0.4) is 0 Å². The van der Waals surface area contributed by atoms with Crippen molar-refractivity contribution in [2.75, 3.05) is 5.32 Å². The molecule has 0 saturated carbocycles. The molecule has 6 heteroatoms. The zero-order valence-electron chi connectivity index (χ0n) is 11.1. The average molecular weight is 314 g/mol. The van der Waals surface area contributed by atoms with Gasteiger partial charge in [-0.1, -0.05) is 43.1 Å². The average Bonchev–Trinajstić information content (AvgIpc) is 2.39. The first-order chi connectivity index (χ1) is 9.45. The zero-order chi connectivity index (χ0) is 14.7. The number of benzene rings is 1. The van der Waals surface area contributed by atoms with Crippen LogP contribution in [0, 0.1) is 5.82 Å². The first kappa shape index (κ1) is 15.0. The highest BCUT2D eigenvalue weighted by atomic mass is 35.5. The number of hydrogen-bond acceptors (Lipinski definition) is 3. The second-order valence-electron chi connectivity index (χ2n) is 4.69. The Kier molecular flexibility index (Phi) is 4.78. The Balaban J connectivity index is 2.12. The number of nitrogens with zero attached hydrogens (tertiary/aromatic N) is 2. The smallest absolute Gasteiger partial charge is 0.141 e. The minimum absolute atomic E-state index is 0.105. The van der Waals surface area contributed by atoms with Crippen LogP contribution in [-0.4, -0.2) is 9.97 Å². The predicted octanol–water partition coefficient (Wildman–Crippen LogP) is 4.66.